The topological polar surface area (TPSA) is 73.6 Å². The molecule has 0 radical (unpaired) electrons. The van der Waals surface area contributed by atoms with Gasteiger partial charge in [-0.1, -0.05) is 0 Å². The molecule has 0 unspecified atom stereocenters. The highest BCUT2D eigenvalue weighted by Crippen LogP contribution is 2.36. The largest absolute Gasteiger partial charge is 0.498 e. The molecule has 1 aromatic heterocycles. The zero-order valence-electron chi connectivity index (χ0n) is 10.3. The highest BCUT2D eigenvalue weighted by Gasteiger charge is 2.52. The number of hydrogen-bond acceptors (Lipinski definition) is 4. The zero-order chi connectivity index (χ0) is 12.8. The summed E-state index contributed by atoms with van der Waals surface area (Å²) in [5.74, 6) is 0. The summed E-state index contributed by atoms with van der Waals surface area (Å²) in [6.45, 7) is 7.76. The molecule has 1 fully saturated rings. The van der Waals surface area contributed by atoms with Crippen molar-refractivity contribution in [3.05, 3.63) is 12.4 Å². The minimum Gasteiger partial charge on any atom is -0.463 e. The summed E-state index contributed by atoms with van der Waals surface area (Å²) in [7, 11) is -0.576. The molecule has 1 saturated heterocycles. The van der Waals surface area contributed by atoms with E-state index in [4.69, 9.17) is 14.4 Å². The SMILES string of the molecule is CC1(C)OB(c2cnn(C(=O)O)c2)OC1(C)C. The third-order valence-corrected chi connectivity index (χ3v) is 3.32. The number of carbonyl (C=O) groups is 1. The number of hydrogen-bond donors (Lipinski definition) is 1. The highest BCUT2D eigenvalue weighted by atomic mass is 16.7. The number of aromatic nitrogens is 2. The van der Waals surface area contributed by atoms with Crippen LogP contribution in [0.25, 0.3) is 0 Å². The average Bonchev–Trinajstić information content (AvgIpc) is 2.70. The molecule has 1 aromatic rings. The molecule has 1 aliphatic rings. The molecule has 0 amide bonds. The van der Waals surface area contributed by atoms with Gasteiger partial charge in [0.05, 0.1) is 11.2 Å². The van der Waals surface area contributed by atoms with Gasteiger partial charge in [0.1, 0.15) is 0 Å². The summed E-state index contributed by atoms with van der Waals surface area (Å²) in [5.41, 5.74) is -0.280. The van der Waals surface area contributed by atoms with E-state index >= 15 is 0 Å². The molecule has 1 N–H and O–H groups in total. The van der Waals surface area contributed by atoms with Crippen molar-refractivity contribution >= 4 is 18.7 Å². The molecule has 7 heteroatoms. The van der Waals surface area contributed by atoms with Crippen molar-refractivity contribution in [3.8, 4) is 0 Å². The van der Waals surface area contributed by atoms with E-state index in [1.165, 1.54) is 12.4 Å². The van der Waals surface area contributed by atoms with Crippen LogP contribution in [0.2, 0.25) is 0 Å². The molecule has 0 saturated carbocycles. The summed E-state index contributed by atoms with van der Waals surface area (Å²) in [6, 6.07) is 0. The first kappa shape index (κ1) is 12.1. The molecule has 2 rings (SSSR count). The van der Waals surface area contributed by atoms with Gasteiger partial charge < -0.3 is 14.4 Å². The molecule has 17 heavy (non-hydrogen) atoms. The predicted molar refractivity (Wildman–Crippen MR) is 61.4 cm³/mol. The molecule has 2 heterocycles. The molecule has 0 aromatic carbocycles. The Morgan fingerprint density at radius 3 is 2.29 bits per heavy atom. The van der Waals surface area contributed by atoms with Crippen molar-refractivity contribution < 1.29 is 19.2 Å². The molecule has 0 aliphatic carbocycles. The Bertz CT molecular complexity index is 439. The maximum absolute atomic E-state index is 10.7. The van der Waals surface area contributed by atoms with Crippen LogP contribution < -0.4 is 5.46 Å². The van der Waals surface area contributed by atoms with Crippen LogP contribution in [0.15, 0.2) is 12.4 Å². The van der Waals surface area contributed by atoms with Crippen LogP contribution >= 0.6 is 0 Å². The van der Waals surface area contributed by atoms with Gasteiger partial charge in [0, 0.05) is 17.9 Å². The first-order valence-corrected chi connectivity index (χ1v) is 5.36. The fourth-order valence-corrected chi connectivity index (χ4v) is 1.54. The van der Waals surface area contributed by atoms with E-state index in [9.17, 15) is 4.79 Å². The second-order valence-corrected chi connectivity index (χ2v) is 5.09. The van der Waals surface area contributed by atoms with Gasteiger partial charge in [-0.05, 0) is 27.7 Å². The first-order valence-electron chi connectivity index (χ1n) is 5.36. The second-order valence-electron chi connectivity index (χ2n) is 5.09. The Kier molecular flexibility index (Phi) is 2.55. The van der Waals surface area contributed by atoms with Crippen LogP contribution in [-0.2, 0) is 9.31 Å². The van der Waals surface area contributed by atoms with Gasteiger partial charge in [0.15, 0.2) is 0 Å². The molecule has 1 aliphatic heterocycles. The lowest BCUT2D eigenvalue weighted by Gasteiger charge is -2.32. The summed E-state index contributed by atoms with van der Waals surface area (Å²) in [4.78, 5) is 10.7. The van der Waals surface area contributed by atoms with Crippen LogP contribution in [-0.4, -0.2) is 39.3 Å². The van der Waals surface area contributed by atoms with Crippen LogP contribution in [0.1, 0.15) is 27.7 Å². The third-order valence-electron chi connectivity index (χ3n) is 3.32. The lowest BCUT2D eigenvalue weighted by Crippen LogP contribution is -2.41. The van der Waals surface area contributed by atoms with Gasteiger partial charge >= 0.3 is 13.2 Å². The van der Waals surface area contributed by atoms with Gasteiger partial charge in [-0.25, -0.2) is 4.79 Å². The van der Waals surface area contributed by atoms with E-state index in [-0.39, 0.29) is 0 Å². The average molecular weight is 238 g/mol. The zero-order valence-corrected chi connectivity index (χ0v) is 10.3. The quantitative estimate of drug-likeness (QED) is 0.729. The second kappa shape index (κ2) is 3.58. The molecular formula is C10H15BN2O4. The normalized spacial score (nSPS) is 21.8. The maximum atomic E-state index is 10.7. The van der Waals surface area contributed by atoms with E-state index in [0.29, 0.717) is 5.46 Å². The van der Waals surface area contributed by atoms with Crippen LogP contribution in [0.4, 0.5) is 4.79 Å². The molecule has 0 bridgehead atoms. The Morgan fingerprint density at radius 2 is 1.88 bits per heavy atom. The summed E-state index contributed by atoms with van der Waals surface area (Å²) >= 11 is 0. The Morgan fingerprint density at radius 1 is 1.35 bits per heavy atom. The fourth-order valence-electron chi connectivity index (χ4n) is 1.54. The van der Waals surface area contributed by atoms with Crippen molar-refractivity contribution in [2.24, 2.45) is 0 Å². The van der Waals surface area contributed by atoms with Gasteiger partial charge in [-0.3, -0.25) is 0 Å². The van der Waals surface area contributed by atoms with Crippen molar-refractivity contribution in [3.63, 3.8) is 0 Å². The van der Waals surface area contributed by atoms with Crippen LogP contribution in [0, 0.1) is 0 Å². The van der Waals surface area contributed by atoms with Crippen LogP contribution in [0.3, 0.4) is 0 Å². The standard InChI is InChI=1S/C10H15BN2O4/c1-9(2)10(3,4)17-11(16-9)7-5-12-13(6-7)8(14)15/h5-6H,1-4H3,(H,14,15). The summed E-state index contributed by atoms with van der Waals surface area (Å²) in [5, 5.41) is 12.5. The minimum atomic E-state index is -1.13. The van der Waals surface area contributed by atoms with Crippen molar-refractivity contribution in [2.75, 3.05) is 0 Å². The summed E-state index contributed by atoms with van der Waals surface area (Å²) < 4.78 is 12.4. The van der Waals surface area contributed by atoms with Gasteiger partial charge in [0.2, 0.25) is 0 Å². The highest BCUT2D eigenvalue weighted by molar-refractivity contribution is 6.62. The maximum Gasteiger partial charge on any atom is 0.498 e. The Balaban J connectivity index is 2.23. The molecule has 0 spiro atoms. The number of rotatable bonds is 1. The van der Waals surface area contributed by atoms with Gasteiger partial charge in [-0.15, -0.1) is 0 Å². The lowest BCUT2D eigenvalue weighted by atomic mass is 9.82. The predicted octanol–water partition coefficient (Wildman–Crippen LogP) is 0.708. The monoisotopic (exact) mass is 238 g/mol. The van der Waals surface area contributed by atoms with E-state index in [0.717, 1.165) is 4.68 Å². The van der Waals surface area contributed by atoms with E-state index in [2.05, 4.69) is 5.10 Å². The van der Waals surface area contributed by atoms with Gasteiger partial charge in [0.25, 0.3) is 0 Å². The van der Waals surface area contributed by atoms with Crippen molar-refractivity contribution in [1.29, 1.82) is 0 Å². The Hall–Kier alpha value is -1.34. The van der Waals surface area contributed by atoms with Crippen LogP contribution in [0.5, 0.6) is 0 Å². The van der Waals surface area contributed by atoms with E-state index in [1.807, 2.05) is 27.7 Å². The van der Waals surface area contributed by atoms with E-state index < -0.39 is 24.4 Å². The smallest absolute Gasteiger partial charge is 0.463 e. The Labute approximate surface area is 99.7 Å². The fraction of sp³-hybridized carbons (Fsp3) is 0.600. The molecule has 6 nitrogen and oxygen atoms in total. The molecule has 92 valence electrons. The summed E-state index contributed by atoms with van der Waals surface area (Å²) in [6.07, 6.45) is 1.70. The third kappa shape index (κ3) is 1.96. The lowest BCUT2D eigenvalue weighted by molar-refractivity contribution is 0.00578. The first-order chi connectivity index (χ1) is 7.73. The van der Waals surface area contributed by atoms with Gasteiger partial charge in [-0.2, -0.15) is 9.78 Å². The molecule has 0 atom stereocenters. The number of nitrogens with zero attached hydrogens (tertiary/aromatic N) is 2. The minimum absolute atomic E-state index is 0.441. The van der Waals surface area contributed by atoms with Crippen molar-refractivity contribution in [2.45, 2.75) is 38.9 Å². The number of carboxylic acid groups (broad SMARTS) is 1. The van der Waals surface area contributed by atoms with Crippen molar-refractivity contribution in [1.82, 2.24) is 9.78 Å². The van der Waals surface area contributed by atoms with E-state index in [1.54, 1.807) is 0 Å². The molecular weight excluding hydrogens is 223 g/mol.